The Kier molecular flexibility index (Phi) is 2.96. The van der Waals surface area contributed by atoms with E-state index < -0.39 is 0 Å². The summed E-state index contributed by atoms with van der Waals surface area (Å²) >= 11 is 0. The average Bonchev–Trinajstić information content (AvgIpc) is 2.45. The largest absolute Gasteiger partial charge is 0.445 e. The third-order valence-corrected chi connectivity index (χ3v) is 3.94. The third kappa shape index (κ3) is 2.08. The van der Waals surface area contributed by atoms with Crippen molar-refractivity contribution in [2.24, 2.45) is 11.8 Å². The monoisotopic (exact) mass is 247 g/mol. The van der Waals surface area contributed by atoms with E-state index in [1.165, 1.54) is 0 Å². The molecule has 1 saturated carbocycles. The van der Waals surface area contributed by atoms with Crippen LogP contribution in [0, 0.1) is 11.8 Å². The van der Waals surface area contributed by atoms with E-state index in [0.29, 0.717) is 19.7 Å². The molecule has 2 bridgehead atoms. The Morgan fingerprint density at radius 3 is 2.56 bits per heavy atom. The maximum atomic E-state index is 11.9. The van der Waals surface area contributed by atoms with E-state index in [4.69, 9.17) is 4.74 Å². The van der Waals surface area contributed by atoms with Gasteiger partial charge in [0.05, 0.1) is 6.10 Å². The first-order valence-electron chi connectivity index (χ1n) is 6.38. The fourth-order valence-corrected chi connectivity index (χ4v) is 2.82. The van der Waals surface area contributed by atoms with Crippen molar-refractivity contribution in [3.05, 3.63) is 35.9 Å². The van der Waals surface area contributed by atoms with Crippen molar-refractivity contribution in [2.75, 3.05) is 13.1 Å². The second-order valence-electron chi connectivity index (χ2n) is 5.19. The number of aliphatic hydroxyl groups excluding tert-OH is 1. The minimum atomic E-state index is -0.263. The highest BCUT2D eigenvalue weighted by atomic mass is 16.6. The molecule has 1 aromatic rings. The number of rotatable bonds is 2. The Bertz CT molecular complexity index is 422. The topological polar surface area (TPSA) is 49.8 Å². The highest BCUT2D eigenvalue weighted by Gasteiger charge is 2.47. The van der Waals surface area contributed by atoms with Crippen LogP contribution in [-0.4, -0.2) is 35.3 Å². The molecule has 0 aromatic heterocycles. The van der Waals surface area contributed by atoms with Crippen LogP contribution in [0.25, 0.3) is 0 Å². The van der Waals surface area contributed by atoms with Crippen molar-refractivity contribution in [1.82, 2.24) is 4.90 Å². The first-order chi connectivity index (χ1) is 8.74. The lowest BCUT2D eigenvalue weighted by Gasteiger charge is -2.50. The van der Waals surface area contributed by atoms with Crippen LogP contribution in [0.2, 0.25) is 0 Å². The van der Waals surface area contributed by atoms with Crippen molar-refractivity contribution in [3.8, 4) is 0 Å². The lowest BCUT2D eigenvalue weighted by Crippen LogP contribution is -2.59. The van der Waals surface area contributed by atoms with Gasteiger partial charge in [-0.1, -0.05) is 30.3 Å². The predicted octanol–water partition coefficient (Wildman–Crippen LogP) is 1.64. The van der Waals surface area contributed by atoms with E-state index in [2.05, 4.69) is 0 Å². The molecule has 2 saturated heterocycles. The molecule has 0 radical (unpaired) electrons. The Labute approximate surface area is 106 Å². The summed E-state index contributed by atoms with van der Waals surface area (Å²) < 4.78 is 5.28. The summed E-state index contributed by atoms with van der Waals surface area (Å²) in [5.74, 6) is 0.515. The molecule has 4 heteroatoms. The zero-order chi connectivity index (χ0) is 12.5. The molecule has 2 atom stereocenters. The molecule has 2 aliphatic heterocycles. The summed E-state index contributed by atoms with van der Waals surface area (Å²) in [6, 6.07) is 9.66. The molecule has 3 fully saturated rings. The minimum Gasteiger partial charge on any atom is -0.445 e. The van der Waals surface area contributed by atoms with Crippen LogP contribution in [0.4, 0.5) is 4.79 Å². The fraction of sp³-hybridized carbons (Fsp3) is 0.500. The van der Waals surface area contributed by atoms with Gasteiger partial charge in [-0.05, 0) is 12.0 Å². The van der Waals surface area contributed by atoms with Crippen molar-refractivity contribution in [2.45, 2.75) is 19.1 Å². The van der Waals surface area contributed by atoms with Crippen molar-refractivity contribution in [3.63, 3.8) is 0 Å². The molecule has 1 aliphatic carbocycles. The van der Waals surface area contributed by atoms with Gasteiger partial charge in [-0.2, -0.15) is 0 Å². The first-order valence-corrected chi connectivity index (χ1v) is 6.38. The molecule has 2 heterocycles. The van der Waals surface area contributed by atoms with Gasteiger partial charge in [-0.3, -0.25) is 0 Å². The maximum absolute atomic E-state index is 11.9. The smallest absolute Gasteiger partial charge is 0.410 e. The van der Waals surface area contributed by atoms with Crippen LogP contribution < -0.4 is 0 Å². The van der Waals surface area contributed by atoms with Gasteiger partial charge in [0.1, 0.15) is 6.61 Å². The number of amides is 1. The number of hydrogen-bond donors (Lipinski definition) is 1. The van der Waals surface area contributed by atoms with E-state index >= 15 is 0 Å². The van der Waals surface area contributed by atoms with E-state index in [0.717, 1.165) is 12.0 Å². The Hall–Kier alpha value is -1.55. The van der Waals surface area contributed by atoms with E-state index in [-0.39, 0.29) is 24.0 Å². The number of ether oxygens (including phenoxy) is 1. The summed E-state index contributed by atoms with van der Waals surface area (Å²) in [5, 5.41) is 9.66. The maximum Gasteiger partial charge on any atom is 0.410 e. The molecule has 3 aliphatic rings. The third-order valence-electron chi connectivity index (χ3n) is 3.94. The number of aliphatic hydroxyl groups is 1. The molecular weight excluding hydrogens is 230 g/mol. The van der Waals surface area contributed by atoms with Gasteiger partial charge in [0.25, 0.3) is 0 Å². The zero-order valence-corrected chi connectivity index (χ0v) is 10.2. The summed E-state index contributed by atoms with van der Waals surface area (Å²) in [5.41, 5.74) is 0.994. The fourth-order valence-electron chi connectivity index (χ4n) is 2.82. The normalized spacial score (nSPS) is 29.6. The van der Waals surface area contributed by atoms with Gasteiger partial charge in [0.2, 0.25) is 0 Å². The van der Waals surface area contributed by atoms with E-state index in [9.17, 15) is 9.90 Å². The number of benzene rings is 1. The molecule has 4 nitrogen and oxygen atoms in total. The number of fused-ring (bicyclic) bond motifs is 2. The van der Waals surface area contributed by atoms with E-state index in [1.54, 1.807) is 4.90 Å². The second kappa shape index (κ2) is 4.61. The summed E-state index contributed by atoms with van der Waals surface area (Å²) in [4.78, 5) is 13.6. The first kappa shape index (κ1) is 11.5. The van der Waals surface area contributed by atoms with E-state index in [1.807, 2.05) is 30.3 Å². The highest BCUT2D eigenvalue weighted by Crippen LogP contribution is 2.39. The van der Waals surface area contributed by atoms with Gasteiger partial charge >= 0.3 is 6.09 Å². The van der Waals surface area contributed by atoms with Crippen LogP contribution in [0.5, 0.6) is 0 Å². The van der Waals surface area contributed by atoms with Crippen molar-refractivity contribution in [1.29, 1.82) is 0 Å². The van der Waals surface area contributed by atoms with Gasteiger partial charge in [0.15, 0.2) is 0 Å². The summed E-state index contributed by atoms with van der Waals surface area (Å²) in [6.07, 6.45) is 0.576. The lowest BCUT2D eigenvalue weighted by atomic mass is 9.68. The SMILES string of the molecule is O=C(OCc1ccccc1)N1C[C@H]2C[C@H](C1)C2O. The Balaban J connectivity index is 1.51. The summed E-state index contributed by atoms with van der Waals surface area (Å²) in [7, 11) is 0. The van der Waals surface area contributed by atoms with Gasteiger partial charge < -0.3 is 14.7 Å². The molecular formula is C14H17NO3. The predicted molar refractivity (Wildman–Crippen MR) is 65.8 cm³/mol. The summed E-state index contributed by atoms with van der Waals surface area (Å²) in [6.45, 7) is 1.57. The lowest BCUT2D eigenvalue weighted by molar-refractivity contribution is -0.102. The molecule has 4 rings (SSSR count). The molecule has 1 amide bonds. The van der Waals surface area contributed by atoms with Crippen LogP contribution in [0.3, 0.4) is 0 Å². The molecule has 0 unspecified atom stereocenters. The number of nitrogens with zero attached hydrogens (tertiary/aromatic N) is 1. The van der Waals surface area contributed by atoms with Crippen molar-refractivity contribution >= 4 is 6.09 Å². The average molecular weight is 247 g/mol. The second-order valence-corrected chi connectivity index (χ2v) is 5.19. The number of carbonyl (C=O) groups excluding carboxylic acids is 1. The molecule has 96 valence electrons. The molecule has 1 aromatic carbocycles. The van der Waals surface area contributed by atoms with Crippen LogP contribution in [-0.2, 0) is 11.3 Å². The minimum absolute atomic E-state index is 0.205. The van der Waals surface area contributed by atoms with Crippen LogP contribution >= 0.6 is 0 Å². The highest BCUT2D eigenvalue weighted by molar-refractivity contribution is 5.68. The Morgan fingerprint density at radius 1 is 1.28 bits per heavy atom. The molecule has 0 spiro atoms. The number of piperidine rings is 2. The van der Waals surface area contributed by atoms with Crippen molar-refractivity contribution < 1.29 is 14.6 Å². The molecule has 1 N–H and O–H groups in total. The quantitative estimate of drug-likeness (QED) is 0.864. The Morgan fingerprint density at radius 2 is 1.94 bits per heavy atom. The molecule has 18 heavy (non-hydrogen) atoms. The number of hydrogen-bond acceptors (Lipinski definition) is 3. The van der Waals surface area contributed by atoms with Gasteiger partial charge in [0, 0.05) is 24.9 Å². The van der Waals surface area contributed by atoms with Gasteiger partial charge in [-0.25, -0.2) is 4.79 Å². The van der Waals surface area contributed by atoms with Gasteiger partial charge in [-0.15, -0.1) is 0 Å². The van der Waals surface area contributed by atoms with Crippen LogP contribution in [0.1, 0.15) is 12.0 Å². The standard InChI is InChI=1S/C14H17NO3/c16-13-11-6-12(13)8-15(7-11)14(17)18-9-10-4-2-1-3-5-10/h1-5,11-13,16H,6-9H2/t11-,12-/m1/s1. The zero-order valence-electron chi connectivity index (χ0n) is 10.2. The van der Waals surface area contributed by atoms with Crippen LogP contribution in [0.15, 0.2) is 30.3 Å². The number of carbonyl (C=O) groups is 1.